The smallest absolute Gasteiger partial charge is 0.220 e. The molecule has 60 heavy (non-hydrogen) atoms. The van der Waals surface area contributed by atoms with Gasteiger partial charge in [0, 0.05) is 22.6 Å². The van der Waals surface area contributed by atoms with Crippen molar-refractivity contribution in [2.45, 2.75) is 5.41 Å². The van der Waals surface area contributed by atoms with Crippen LogP contribution in [0.15, 0.2) is 231 Å². The molecule has 0 spiro atoms. The lowest BCUT2D eigenvalue weighted by Gasteiger charge is -2.38. The lowest BCUT2D eigenvalue weighted by Crippen LogP contribution is -2.30. The average molecular weight is 767 g/mol. The second-order valence-corrected chi connectivity index (χ2v) is 15.6. The summed E-state index contributed by atoms with van der Waals surface area (Å²) in [6, 6.07) is 83.6. The van der Waals surface area contributed by atoms with Gasteiger partial charge in [-0.1, -0.05) is 170 Å². The van der Waals surface area contributed by atoms with Crippen LogP contribution in [0.2, 0.25) is 0 Å². The van der Waals surface area contributed by atoms with Crippen molar-refractivity contribution in [2.75, 3.05) is 4.90 Å². The van der Waals surface area contributed by atoms with Gasteiger partial charge in [-0.3, -0.25) is 8.97 Å². The molecule has 0 saturated carbocycles. The Bertz CT molecular complexity index is 3310. The summed E-state index contributed by atoms with van der Waals surface area (Å²) >= 11 is 0. The highest BCUT2D eigenvalue weighted by molar-refractivity contribution is 5.98. The van der Waals surface area contributed by atoms with E-state index in [4.69, 9.17) is 4.98 Å². The van der Waals surface area contributed by atoms with Crippen LogP contribution in [0.4, 0.5) is 17.1 Å². The third kappa shape index (κ3) is 5.01. The maximum absolute atomic E-state index is 5.23. The van der Waals surface area contributed by atoms with E-state index < -0.39 is 5.41 Å². The molecule has 0 bridgehead atoms. The number of nitrogens with zero attached hydrogens (tertiary/aromatic N) is 4. The van der Waals surface area contributed by atoms with Crippen LogP contribution in [0.5, 0.6) is 0 Å². The maximum Gasteiger partial charge on any atom is 0.220 e. The zero-order chi connectivity index (χ0) is 39.6. The van der Waals surface area contributed by atoms with Crippen molar-refractivity contribution in [1.82, 2.24) is 14.0 Å². The largest absolute Gasteiger partial charge is 0.310 e. The summed E-state index contributed by atoms with van der Waals surface area (Å²) < 4.78 is 4.60. The van der Waals surface area contributed by atoms with Gasteiger partial charge in [0.05, 0.1) is 33.2 Å². The molecule has 1 aliphatic carbocycles. The Balaban J connectivity index is 1.18. The van der Waals surface area contributed by atoms with Crippen molar-refractivity contribution >= 4 is 44.9 Å². The van der Waals surface area contributed by atoms with E-state index in [0.29, 0.717) is 0 Å². The van der Waals surface area contributed by atoms with Crippen molar-refractivity contribution < 1.29 is 0 Å². The molecule has 2 aromatic heterocycles. The monoisotopic (exact) mass is 766 g/mol. The number of benzene rings is 9. The molecule has 0 fully saturated rings. The minimum Gasteiger partial charge on any atom is -0.310 e. The van der Waals surface area contributed by atoms with E-state index in [1.165, 1.54) is 44.5 Å². The third-order valence-corrected chi connectivity index (χ3v) is 12.4. The van der Waals surface area contributed by atoms with Crippen LogP contribution in [0.25, 0.3) is 55.8 Å². The molecule has 0 amide bonds. The summed E-state index contributed by atoms with van der Waals surface area (Å²) in [5, 5.41) is 0. The van der Waals surface area contributed by atoms with Gasteiger partial charge >= 0.3 is 0 Å². The van der Waals surface area contributed by atoms with Gasteiger partial charge in [0.25, 0.3) is 0 Å². The summed E-state index contributed by atoms with van der Waals surface area (Å²) in [4.78, 5) is 7.70. The molecule has 0 saturated heterocycles. The van der Waals surface area contributed by atoms with E-state index in [1.54, 1.807) is 0 Å². The van der Waals surface area contributed by atoms with Gasteiger partial charge in [-0.15, -0.1) is 0 Å². The standard InChI is InChI=1S/C56H38N4/c1-5-18-39(19-6-1)40-32-34-44(35-33-40)58(45-36-37-51-53(38-45)60-50-30-16-15-29-49(50)57-55(60)59(51)43-24-11-4-12-25-43)52-31-17-27-47-46-26-13-14-28-48(46)56(54(47)52,41-20-7-2-8-21-41)42-22-9-3-10-23-42/h1-38H. The van der Waals surface area contributed by atoms with Crippen LogP contribution in [-0.4, -0.2) is 14.0 Å². The summed E-state index contributed by atoms with van der Waals surface area (Å²) in [6.07, 6.45) is 0. The molecule has 9 aromatic carbocycles. The maximum atomic E-state index is 5.23. The lowest BCUT2D eigenvalue weighted by atomic mass is 9.67. The van der Waals surface area contributed by atoms with E-state index in [0.717, 1.165) is 50.6 Å². The number of rotatable bonds is 7. The van der Waals surface area contributed by atoms with Crippen molar-refractivity contribution in [2.24, 2.45) is 0 Å². The van der Waals surface area contributed by atoms with Crippen molar-refractivity contribution in [1.29, 1.82) is 0 Å². The van der Waals surface area contributed by atoms with E-state index in [2.05, 4.69) is 244 Å². The zero-order valence-corrected chi connectivity index (χ0v) is 32.7. The Labute approximate surface area is 348 Å². The third-order valence-electron chi connectivity index (χ3n) is 12.4. The second kappa shape index (κ2) is 13.6. The molecule has 0 atom stereocenters. The summed E-state index contributed by atoms with van der Waals surface area (Å²) in [5.74, 6) is 0.886. The van der Waals surface area contributed by atoms with Crippen LogP contribution < -0.4 is 4.90 Å². The molecule has 0 unspecified atom stereocenters. The Hall–Kier alpha value is -7.95. The van der Waals surface area contributed by atoms with E-state index >= 15 is 0 Å². The Morgan fingerprint density at radius 3 is 1.73 bits per heavy atom. The molecule has 11 aromatic rings. The first-order valence-corrected chi connectivity index (χ1v) is 20.6. The Morgan fingerprint density at radius 1 is 0.417 bits per heavy atom. The normalized spacial score (nSPS) is 12.8. The molecule has 4 nitrogen and oxygen atoms in total. The fraction of sp³-hybridized carbons (Fsp3) is 0.0179. The van der Waals surface area contributed by atoms with Crippen molar-refractivity contribution in [3.8, 4) is 27.9 Å². The van der Waals surface area contributed by atoms with Gasteiger partial charge in [-0.25, -0.2) is 4.98 Å². The minimum absolute atomic E-state index is 0.595. The van der Waals surface area contributed by atoms with E-state index in [-0.39, 0.29) is 0 Å². The SMILES string of the molecule is c1ccc(-c2ccc(N(c3ccc4c(c3)n3c5ccccc5nc3n4-c3ccccc3)c3cccc4c3C(c3ccccc3)(c3ccccc3)c3ccccc3-4)cc2)cc1. The molecule has 282 valence electrons. The summed E-state index contributed by atoms with van der Waals surface area (Å²) in [5.41, 5.74) is 17.8. The average Bonchev–Trinajstić information content (AvgIpc) is 3.96. The first-order valence-electron chi connectivity index (χ1n) is 20.6. The van der Waals surface area contributed by atoms with Gasteiger partial charge < -0.3 is 4.90 Å². The first kappa shape index (κ1) is 34.1. The van der Waals surface area contributed by atoms with Gasteiger partial charge in [0.1, 0.15) is 0 Å². The minimum atomic E-state index is -0.595. The highest BCUT2D eigenvalue weighted by atomic mass is 15.2. The molecule has 12 rings (SSSR count). The van der Waals surface area contributed by atoms with Crippen molar-refractivity contribution in [3.63, 3.8) is 0 Å². The van der Waals surface area contributed by atoms with E-state index in [9.17, 15) is 0 Å². The predicted molar refractivity (Wildman–Crippen MR) is 247 cm³/mol. The molecule has 0 radical (unpaired) electrons. The number of fused-ring (bicyclic) bond motifs is 8. The molecule has 4 heteroatoms. The number of anilines is 3. The number of imidazole rings is 2. The van der Waals surface area contributed by atoms with Crippen molar-refractivity contribution in [3.05, 3.63) is 253 Å². The van der Waals surface area contributed by atoms with Gasteiger partial charge in [0.15, 0.2) is 0 Å². The molecular weight excluding hydrogens is 729 g/mol. The Kier molecular flexibility index (Phi) is 7.72. The number of aromatic nitrogens is 3. The predicted octanol–water partition coefficient (Wildman–Crippen LogP) is 13.9. The highest BCUT2D eigenvalue weighted by Crippen LogP contribution is 2.60. The first-order chi connectivity index (χ1) is 29.8. The highest BCUT2D eigenvalue weighted by Gasteiger charge is 2.48. The topological polar surface area (TPSA) is 25.5 Å². The Morgan fingerprint density at radius 2 is 1.00 bits per heavy atom. The van der Waals surface area contributed by atoms with Crippen LogP contribution in [0.1, 0.15) is 22.3 Å². The molecule has 1 aliphatic rings. The fourth-order valence-corrected chi connectivity index (χ4v) is 9.89. The molecular formula is C56H38N4. The van der Waals surface area contributed by atoms with Crippen LogP contribution in [0, 0.1) is 0 Å². The quantitative estimate of drug-likeness (QED) is 0.161. The zero-order valence-electron chi connectivity index (χ0n) is 32.7. The fourth-order valence-electron chi connectivity index (χ4n) is 9.89. The number of para-hydroxylation sites is 3. The van der Waals surface area contributed by atoms with Gasteiger partial charge in [0.2, 0.25) is 5.78 Å². The summed E-state index contributed by atoms with van der Waals surface area (Å²) in [7, 11) is 0. The van der Waals surface area contributed by atoms with Gasteiger partial charge in [-0.05, 0) is 99.6 Å². The number of hydrogen-bond acceptors (Lipinski definition) is 2. The molecule has 0 N–H and O–H groups in total. The lowest BCUT2D eigenvalue weighted by molar-refractivity contribution is 0.768. The molecule has 0 aliphatic heterocycles. The second-order valence-electron chi connectivity index (χ2n) is 15.6. The van der Waals surface area contributed by atoms with Crippen LogP contribution in [0.3, 0.4) is 0 Å². The van der Waals surface area contributed by atoms with Crippen LogP contribution >= 0.6 is 0 Å². The summed E-state index contributed by atoms with van der Waals surface area (Å²) in [6.45, 7) is 0. The van der Waals surface area contributed by atoms with E-state index in [1.807, 2.05) is 0 Å². The van der Waals surface area contributed by atoms with Crippen LogP contribution in [-0.2, 0) is 5.41 Å². The molecule has 2 heterocycles. The van der Waals surface area contributed by atoms with Gasteiger partial charge in [-0.2, -0.15) is 0 Å². The number of hydrogen-bond donors (Lipinski definition) is 0.